The van der Waals surface area contributed by atoms with Crippen molar-refractivity contribution < 1.29 is 17.9 Å². The van der Waals surface area contributed by atoms with Gasteiger partial charge < -0.3 is 10.8 Å². The highest BCUT2D eigenvalue weighted by molar-refractivity contribution is 7.89. The first-order valence-corrected chi connectivity index (χ1v) is 7.72. The molecule has 7 heteroatoms. The molecule has 114 valence electrons. The second kappa shape index (κ2) is 6.07. The second-order valence-electron chi connectivity index (χ2n) is 5.95. The van der Waals surface area contributed by atoms with Crippen molar-refractivity contribution >= 4 is 15.7 Å². The molecule has 0 heterocycles. The second-order valence-corrected chi connectivity index (χ2v) is 7.72. The standard InChI is InChI=1S/C13H21FN2O3S/c1-13(2,3)7-9(17)8-16-20(18,19)10-4-5-11(14)12(15)6-10/h4-6,9,16-17H,7-8,15H2,1-3H3. The number of benzene rings is 1. The Morgan fingerprint density at radius 3 is 2.50 bits per heavy atom. The molecular formula is C13H21FN2O3S. The third kappa shape index (κ3) is 5.07. The molecule has 1 unspecified atom stereocenters. The lowest BCUT2D eigenvalue weighted by molar-refractivity contribution is 0.125. The third-order valence-corrected chi connectivity index (χ3v) is 4.06. The number of nitrogens with one attached hydrogen (secondary N) is 1. The molecule has 0 aliphatic heterocycles. The van der Waals surface area contributed by atoms with Crippen LogP contribution in [0.3, 0.4) is 0 Å². The summed E-state index contributed by atoms with van der Waals surface area (Å²) in [5.74, 6) is -0.670. The molecule has 0 aliphatic rings. The molecule has 0 saturated heterocycles. The molecule has 1 aromatic carbocycles. The van der Waals surface area contributed by atoms with Gasteiger partial charge in [-0.2, -0.15) is 0 Å². The van der Waals surface area contributed by atoms with Crippen LogP contribution < -0.4 is 10.5 Å². The zero-order valence-electron chi connectivity index (χ0n) is 11.9. The summed E-state index contributed by atoms with van der Waals surface area (Å²) in [5, 5.41) is 9.78. The summed E-state index contributed by atoms with van der Waals surface area (Å²) in [6, 6.07) is 3.17. The number of halogens is 1. The van der Waals surface area contributed by atoms with Gasteiger partial charge in [0.25, 0.3) is 0 Å². The fraction of sp³-hybridized carbons (Fsp3) is 0.538. The summed E-state index contributed by atoms with van der Waals surface area (Å²) < 4.78 is 39.2. The Morgan fingerprint density at radius 2 is 2.00 bits per heavy atom. The molecule has 0 aliphatic carbocycles. The van der Waals surface area contributed by atoms with E-state index in [1.807, 2.05) is 20.8 Å². The maximum atomic E-state index is 13.0. The van der Waals surface area contributed by atoms with E-state index in [-0.39, 0.29) is 22.5 Å². The van der Waals surface area contributed by atoms with Gasteiger partial charge in [0.15, 0.2) is 0 Å². The summed E-state index contributed by atoms with van der Waals surface area (Å²) in [5.41, 5.74) is 5.00. The average Bonchev–Trinajstić information content (AvgIpc) is 2.28. The van der Waals surface area contributed by atoms with Gasteiger partial charge >= 0.3 is 0 Å². The minimum absolute atomic E-state index is 0.100. The first-order chi connectivity index (χ1) is 9.01. The summed E-state index contributed by atoms with van der Waals surface area (Å²) in [4.78, 5) is -0.126. The maximum absolute atomic E-state index is 13.0. The molecule has 0 fully saturated rings. The lowest BCUT2D eigenvalue weighted by atomic mass is 9.89. The van der Waals surface area contributed by atoms with Crippen molar-refractivity contribution in [1.29, 1.82) is 0 Å². The number of aliphatic hydroxyl groups excluding tert-OH is 1. The minimum atomic E-state index is -3.81. The van der Waals surface area contributed by atoms with Crippen LogP contribution in [0.15, 0.2) is 23.1 Å². The zero-order valence-corrected chi connectivity index (χ0v) is 12.7. The third-order valence-electron chi connectivity index (χ3n) is 2.63. The van der Waals surface area contributed by atoms with Gasteiger partial charge in [-0.3, -0.25) is 0 Å². The summed E-state index contributed by atoms with van der Waals surface area (Å²) in [6.07, 6.45) is -0.330. The molecule has 1 aromatic rings. The normalized spacial score (nSPS) is 14.2. The van der Waals surface area contributed by atoms with Gasteiger partial charge in [0.2, 0.25) is 10.0 Å². The molecule has 0 bridgehead atoms. The van der Waals surface area contributed by atoms with Crippen LogP contribution in [0.1, 0.15) is 27.2 Å². The van der Waals surface area contributed by atoms with Gasteiger partial charge in [-0.15, -0.1) is 0 Å². The van der Waals surface area contributed by atoms with E-state index in [9.17, 15) is 17.9 Å². The van der Waals surface area contributed by atoms with E-state index in [0.717, 1.165) is 18.2 Å². The topological polar surface area (TPSA) is 92.4 Å². The van der Waals surface area contributed by atoms with Crippen LogP contribution in [0, 0.1) is 11.2 Å². The van der Waals surface area contributed by atoms with Crippen LogP contribution in [-0.2, 0) is 10.0 Å². The number of nitrogen functional groups attached to an aromatic ring is 1. The van der Waals surface area contributed by atoms with E-state index in [4.69, 9.17) is 5.73 Å². The highest BCUT2D eigenvalue weighted by Crippen LogP contribution is 2.21. The number of sulfonamides is 1. The molecule has 0 radical (unpaired) electrons. The molecule has 4 N–H and O–H groups in total. The van der Waals surface area contributed by atoms with E-state index in [1.165, 1.54) is 0 Å². The van der Waals surface area contributed by atoms with Crippen molar-refractivity contribution in [3.8, 4) is 0 Å². The molecule has 0 amide bonds. The number of nitrogens with two attached hydrogens (primary N) is 1. The molecule has 0 saturated carbocycles. The predicted molar refractivity (Wildman–Crippen MR) is 76.1 cm³/mol. The quantitative estimate of drug-likeness (QED) is 0.718. The molecular weight excluding hydrogens is 283 g/mol. The predicted octanol–water partition coefficient (Wildman–Crippen LogP) is 1.48. The van der Waals surface area contributed by atoms with Crippen molar-refractivity contribution in [2.45, 2.75) is 38.2 Å². The SMILES string of the molecule is CC(C)(C)CC(O)CNS(=O)(=O)c1ccc(F)c(N)c1. The molecule has 5 nitrogen and oxygen atoms in total. The van der Waals surface area contributed by atoms with Crippen LogP contribution in [0.5, 0.6) is 0 Å². The van der Waals surface area contributed by atoms with Crippen molar-refractivity contribution in [3.05, 3.63) is 24.0 Å². The van der Waals surface area contributed by atoms with E-state index in [0.29, 0.717) is 6.42 Å². The Hall–Kier alpha value is -1.18. The summed E-state index contributed by atoms with van der Waals surface area (Å²) >= 11 is 0. The number of aliphatic hydroxyl groups is 1. The maximum Gasteiger partial charge on any atom is 0.240 e. The smallest absolute Gasteiger partial charge is 0.240 e. The van der Waals surface area contributed by atoms with Gasteiger partial charge in [0.1, 0.15) is 5.82 Å². The van der Waals surface area contributed by atoms with Crippen molar-refractivity contribution in [1.82, 2.24) is 4.72 Å². The number of rotatable bonds is 5. The van der Waals surface area contributed by atoms with E-state index in [2.05, 4.69) is 4.72 Å². The fourth-order valence-electron chi connectivity index (χ4n) is 1.76. The largest absolute Gasteiger partial charge is 0.396 e. The molecule has 0 spiro atoms. The summed E-state index contributed by atoms with van der Waals surface area (Å²) in [6.45, 7) is 5.75. The van der Waals surface area contributed by atoms with E-state index < -0.39 is 21.9 Å². The van der Waals surface area contributed by atoms with Gasteiger partial charge in [-0.25, -0.2) is 17.5 Å². The summed E-state index contributed by atoms with van der Waals surface area (Å²) in [7, 11) is -3.81. The van der Waals surface area contributed by atoms with Crippen LogP contribution in [0.4, 0.5) is 10.1 Å². The van der Waals surface area contributed by atoms with E-state index in [1.54, 1.807) is 0 Å². The van der Waals surface area contributed by atoms with Crippen LogP contribution in [-0.4, -0.2) is 26.2 Å². The van der Waals surface area contributed by atoms with Crippen LogP contribution in [0.2, 0.25) is 0 Å². The van der Waals surface area contributed by atoms with Crippen molar-refractivity contribution in [2.24, 2.45) is 5.41 Å². The van der Waals surface area contributed by atoms with Gasteiger partial charge in [0.05, 0.1) is 16.7 Å². The Bertz CT molecular complexity index is 567. The monoisotopic (exact) mass is 304 g/mol. The molecule has 0 aromatic heterocycles. The van der Waals surface area contributed by atoms with Gasteiger partial charge in [0, 0.05) is 6.54 Å². The Morgan fingerprint density at radius 1 is 1.40 bits per heavy atom. The zero-order chi connectivity index (χ0) is 15.6. The van der Waals surface area contributed by atoms with Crippen molar-refractivity contribution in [3.63, 3.8) is 0 Å². The van der Waals surface area contributed by atoms with Crippen molar-refractivity contribution in [2.75, 3.05) is 12.3 Å². The van der Waals surface area contributed by atoms with Gasteiger partial charge in [-0.1, -0.05) is 20.8 Å². The Balaban J connectivity index is 2.73. The fourth-order valence-corrected chi connectivity index (χ4v) is 2.87. The van der Waals surface area contributed by atoms with Crippen LogP contribution in [0.25, 0.3) is 0 Å². The molecule has 1 atom stereocenters. The lowest BCUT2D eigenvalue weighted by Crippen LogP contribution is -2.34. The van der Waals surface area contributed by atoms with Crippen LogP contribution >= 0.6 is 0 Å². The molecule has 1 rings (SSSR count). The number of hydrogen-bond acceptors (Lipinski definition) is 4. The number of hydrogen-bond donors (Lipinski definition) is 3. The Kier molecular flexibility index (Phi) is 5.12. The minimum Gasteiger partial charge on any atom is -0.396 e. The first kappa shape index (κ1) is 16.9. The highest BCUT2D eigenvalue weighted by atomic mass is 32.2. The Labute approximate surface area is 119 Å². The average molecular weight is 304 g/mol. The first-order valence-electron chi connectivity index (χ1n) is 6.24. The van der Waals surface area contributed by atoms with E-state index >= 15 is 0 Å². The lowest BCUT2D eigenvalue weighted by Gasteiger charge is -2.22. The molecule has 20 heavy (non-hydrogen) atoms. The number of anilines is 1. The van der Waals surface area contributed by atoms with Gasteiger partial charge in [-0.05, 0) is 30.0 Å². The highest BCUT2D eigenvalue weighted by Gasteiger charge is 2.20.